The summed E-state index contributed by atoms with van der Waals surface area (Å²) in [6, 6.07) is 8.03. The number of rotatable bonds is 7. The quantitative estimate of drug-likeness (QED) is 0.853. The minimum atomic E-state index is 0.0808. The number of hydrogen-bond acceptors (Lipinski definition) is 5. The molecule has 0 bridgehead atoms. The Morgan fingerprint density at radius 1 is 1.19 bits per heavy atom. The SMILES string of the molecule is COc1cc(CC(C)N)cc(OC)c1OCc1cccs1. The zero-order chi connectivity index (χ0) is 15.2. The van der Waals surface area contributed by atoms with Crippen molar-refractivity contribution in [3.8, 4) is 17.2 Å². The van der Waals surface area contributed by atoms with E-state index in [9.17, 15) is 0 Å². The smallest absolute Gasteiger partial charge is 0.203 e. The normalized spacial score (nSPS) is 12.0. The van der Waals surface area contributed by atoms with Gasteiger partial charge in [0.2, 0.25) is 5.75 Å². The fourth-order valence-electron chi connectivity index (χ4n) is 2.10. The summed E-state index contributed by atoms with van der Waals surface area (Å²) in [5.74, 6) is 1.96. The van der Waals surface area contributed by atoms with E-state index in [2.05, 4.69) is 0 Å². The van der Waals surface area contributed by atoms with Gasteiger partial charge < -0.3 is 19.9 Å². The van der Waals surface area contributed by atoms with Gasteiger partial charge >= 0.3 is 0 Å². The lowest BCUT2D eigenvalue weighted by Crippen LogP contribution is -2.17. The second-order valence-corrected chi connectivity index (χ2v) is 5.91. The van der Waals surface area contributed by atoms with Gasteiger partial charge in [-0.2, -0.15) is 0 Å². The van der Waals surface area contributed by atoms with E-state index >= 15 is 0 Å². The van der Waals surface area contributed by atoms with Crippen molar-refractivity contribution >= 4 is 11.3 Å². The summed E-state index contributed by atoms with van der Waals surface area (Å²) in [7, 11) is 3.25. The van der Waals surface area contributed by atoms with Crippen LogP contribution >= 0.6 is 11.3 Å². The van der Waals surface area contributed by atoms with Gasteiger partial charge in [0, 0.05) is 10.9 Å². The van der Waals surface area contributed by atoms with Gasteiger partial charge in [0.05, 0.1) is 14.2 Å². The average Bonchev–Trinajstić information content (AvgIpc) is 2.97. The van der Waals surface area contributed by atoms with Crippen molar-refractivity contribution in [1.82, 2.24) is 0 Å². The molecule has 5 heteroatoms. The summed E-state index contributed by atoms with van der Waals surface area (Å²) in [5, 5.41) is 2.03. The minimum Gasteiger partial charge on any atom is -0.493 e. The van der Waals surface area contributed by atoms with Crippen molar-refractivity contribution in [2.45, 2.75) is 26.0 Å². The van der Waals surface area contributed by atoms with Gasteiger partial charge in [0.25, 0.3) is 0 Å². The Morgan fingerprint density at radius 3 is 2.33 bits per heavy atom. The van der Waals surface area contributed by atoms with E-state index in [0.29, 0.717) is 23.9 Å². The van der Waals surface area contributed by atoms with Crippen molar-refractivity contribution < 1.29 is 14.2 Å². The Bertz CT molecular complexity index is 542. The van der Waals surface area contributed by atoms with Crippen LogP contribution in [0, 0.1) is 0 Å². The van der Waals surface area contributed by atoms with Gasteiger partial charge in [0.15, 0.2) is 11.5 Å². The highest BCUT2D eigenvalue weighted by Gasteiger charge is 2.15. The maximum absolute atomic E-state index is 5.88. The van der Waals surface area contributed by atoms with Gasteiger partial charge in [-0.1, -0.05) is 6.07 Å². The lowest BCUT2D eigenvalue weighted by Gasteiger charge is -2.16. The molecule has 4 nitrogen and oxygen atoms in total. The van der Waals surface area contributed by atoms with E-state index < -0.39 is 0 Å². The van der Waals surface area contributed by atoms with Crippen LogP contribution in [0.4, 0.5) is 0 Å². The summed E-state index contributed by atoms with van der Waals surface area (Å²) in [5.41, 5.74) is 6.93. The van der Waals surface area contributed by atoms with Crippen LogP contribution in [0.25, 0.3) is 0 Å². The largest absolute Gasteiger partial charge is 0.493 e. The third kappa shape index (κ3) is 4.12. The molecule has 21 heavy (non-hydrogen) atoms. The molecule has 1 atom stereocenters. The molecule has 0 aliphatic carbocycles. The number of thiophene rings is 1. The molecule has 0 radical (unpaired) electrons. The maximum Gasteiger partial charge on any atom is 0.203 e. The zero-order valence-electron chi connectivity index (χ0n) is 12.6. The van der Waals surface area contributed by atoms with Crippen LogP contribution in [-0.2, 0) is 13.0 Å². The summed E-state index contributed by atoms with van der Waals surface area (Å²) < 4.78 is 16.8. The second-order valence-electron chi connectivity index (χ2n) is 4.88. The van der Waals surface area contributed by atoms with Crippen LogP contribution in [0.5, 0.6) is 17.2 Å². The molecular weight excluding hydrogens is 286 g/mol. The highest BCUT2D eigenvalue weighted by atomic mass is 32.1. The predicted octanol–water partition coefficient (Wildman–Crippen LogP) is 3.23. The fourth-order valence-corrected chi connectivity index (χ4v) is 2.72. The molecule has 114 valence electrons. The van der Waals surface area contributed by atoms with Crippen LogP contribution in [0.3, 0.4) is 0 Å². The molecule has 0 amide bonds. The summed E-state index contributed by atoms with van der Waals surface area (Å²) in [6.07, 6.45) is 0.762. The maximum atomic E-state index is 5.88. The molecule has 2 aromatic rings. The standard InChI is InChI=1S/C16H21NO3S/c1-11(17)7-12-8-14(18-2)16(15(9-12)19-3)20-10-13-5-4-6-21-13/h4-6,8-9,11H,7,10,17H2,1-3H3. The van der Waals surface area contributed by atoms with E-state index in [0.717, 1.165) is 16.9 Å². The molecule has 0 fully saturated rings. The first-order valence-corrected chi connectivity index (χ1v) is 7.67. The summed E-state index contributed by atoms with van der Waals surface area (Å²) in [6.45, 7) is 2.47. The third-order valence-electron chi connectivity index (χ3n) is 3.02. The minimum absolute atomic E-state index is 0.0808. The molecule has 0 saturated heterocycles. The molecule has 1 unspecified atom stereocenters. The van der Waals surface area contributed by atoms with E-state index in [-0.39, 0.29) is 6.04 Å². The Kier molecular flexibility index (Phi) is 5.47. The van der Waals surface area contributed by atoms with E-state index in [4.69, 9.17) is 19.9 Å². The number of nitrogens with two attached hydrogens (primary N) is 1. The van der Waals surface area contributed by atoms with Crippen LogP contribution in [0.15, 0.2) is 29.6 Å². The Hall–Kier alpha value is -1.72. The molecule has 0 aliphatic heterocycles. The molecule has 1 heterocycles. The lowest BCUT2D eigenvalue weighted by molar-refractivity contribution is 0.268. The van der Waals surface area contributed by atoms with Gasteiger partial charge in [-0.15, -0.1) is 11.3 Å². The Morgan fingerprint density at radius 2 is 1.86 bits per heavy atom. The summed E-state index contributed by atoms with van der Waals surface area (Å²) >= 11 is 1.66. The molecular formula is C16H21NO3S. The van der Waals surface area contributed by atoms with Gasteiger partial charge in [-0.3, -0.25) is 0 Å². The van der Waals surface area contributed by atoms with Crippen molar-refractivity contribution in [2.75, 3.05) is 14.2 Å². The van der Waals surface area contributed by atoms with Crippen LogP contribution < -0.4 is 19.9 Å². The van der Waals surface area contributed by atoms with Crippen LogP contribution in [0.1, 0.15) is 17.4 Å². The van der Waals surface area contributed by atoms with Crippen molar-refractivity contribution in [1.29, 1.82) is 0 Å². The van der Waals surface area contributed by atoms with Crippen molar-refractivity contribution in [3.05, 3.63) is 40.1 Å². The molecule has 2 N–H and O–H groups in total. The zero-order valence-corrected chi connectivity index (χ0v) is 13.4. The molecule has 0 spiro atoms. The lowest BCUT2D eigenvalue weighted by atomic mass is 10.1. The Balaban J connectivity index is 2.25. The molecule has 0 saturated carbocycles. The number of methoxy groups -OCH3 is 2. The first-order chi connectivity index (χ1) is 10.1. The fraction of sp³-hybridized carbons (Fsp3) is 0.375. The first kappa shape index (κ1) is 15.7. The van der Waals surface area contributed by atoms with Crippen LogP contribution in [0.2, 0.25) is 0 Å². The van der Waals surface area contributed by atoms with Crippen molar-refractivity contribution in [2.24, 2.45) is 5.73 Å². The number of hydrogen-bond donors (Lipinski definition) is 1. The second kappa shape index (κ2) is 7.33. The van der Waals surface area contributed by atoms with E-state index in [1.165, 1.54) is 0 Å². The van der Waals surface area contributed by atoms with Crippen LogP contribution in [-0.4, -0.2) is 20.3 Å². The van der Waals surface area contributed by atoms with Gasteiger partial charge in [-0.25, -0.2) is 0 Å². The molecule has 0 aliphatic rings. The highest BCUT2D eigenvalue weighted by Crippen LogP contribution is 2.39. The van der Waals surface area contributed by atoms with Gasteiger partial charge in [-0.05, 0) is 42.5 Å². The first-order valence-electron chi connectivity index (χ1n) is 6.79. The summed E-state index contributed by atoms with van der Waals surface area (Å²) in [4.78, 5) is 1.15. The highest BCUT2D eigenvalue weighted by molar-refractivity contribution is 7.09. The number of ether oxygens (including phenoxy) is 3. The third-order valence-corrected chi connectivity index (χ3v) is 3.87. The molecule has 1 aromatic carbocycles. The van der Waals surface area contributed by atoms with E-state index in [1.807, 2.05) is 36.6 Å². The predicted molar refractivity (Wildman–Crippen MR) is 85.6 cm³/mol. The van der Waals surface area contributed by atoms with Gasteiger partial charge in [0.1, 0.15) is 6.61 Å². The topological polar surface area (TPSA) is 53.7 Å². The molecule has 1 aromatic heterocycles. The Labute approximate surface area is 129 Å². The van der Waals surface area contributed by atoms with Crippen molar-refractivity contribution in [3.63, 3.8) is 0 Å². The average molecular weight is 307 g/mol. The van der Waals surface area contributed by atoms with E-state index in [1.54, 1.807) is 25.6 Å². The monoisotopic (exact) mass is 307 g/mol. The number of benzene rings is 1. The molecule has 2 rings (SSSR count).